The van der Waals surface area contributed by atoms with Gasteiger partial charge >= 0.3 is 5.97 Å². The third-order valence-corrected chi connectivity index (χ3v) is 8.16. The number of aliphatic hydroxyl groups excluding tert-OH is 1. The third kappa shape index (κ3) is 18.6. The van der Waals surface area contributed by atoms with Crippen LogP contribution in [0.3, 0.4) is 0 Å². The Labute approximate surface area is 335 Å². The molecule has 0 aliphatic heterocycles. The number of hydrogen-bond acceptors (Lipinski definition) is 13. The monoisotopic (exact) mass is 792 g/mol. The van der Waals surface area contributed by atoms with Crippen molar-refractivity contribution in [1.82, 2.24) is 0 Å². The molecule has 4 aromatic rings. The zero-order valence-corrected chi connectivity index (χ0v) is 33.0. The first-order valence-electron chi connectivity index (χ1n) is 19.1. The van der Waals surface area contributed by atoms with E-state index in [-0.39, 0.29) is 13.2 Å². The van der Waals surface area contributed by atoms with E-state index in [1.54, 1.807) is 38.5 Å². The molecule has 0 fully saturated rings. The van der Waals surface area contributed by atoms with Gasteiger partial charge in [-0.3, -0.25) is 0 Å². The van der Waals surface area contributed by atoms with E-state index in [9.17, 15) is 9.90 Å². The van der Waals surface area contributed by atoms with Crippen molar-refractivity contribution < 1.29 is 62.0 Å². The maximum atomic E-state index is 12.9. The summed E-state index contributed by atoms with van der Waals surface area (Å²) in [6, 6.07) is 29.9. The molecular weight excluding hydrogens is 736 g/mol. The van der Waals surface area contributed by atoms with E-state index < -0.39 is 12.1 Å². The van der Waals surface area contributed by atoms with E-state index >= 15 is 0 Å². The number of carbonyl (C=O) groups excluding carboxylic acids is 1. The fraction of sp³-hybridized carbons (Fsp3) is 0.432. The van der Waals surface area contributed by atoms with E-state index in [1.807, 2.05) is 72.8 Å². The van der Waals surface area contributed by atoms with Crippen LogP contribution in [0.2, 0.25) is 0 Å². The summed E-state index contributed by atoms with van der Waals surface area (Å²) < 4.78 is 59.5. The minimum absolute atomic E-state index is 0.0993. The first-order valence-corrected chi connectivity index (χ1v) is 19.1. The highest BCUT2D eigenvalue weighted by molar-refractivity contribution is 5.91. The predicted octanol–water partition coefficient (Wildman–Crippen LogP) is 5.75. The quantitative estimate of drug-likeness (QED) is 0.0377. The Morgan fingerprint density at radius 2 is 0.772 bits per heavy atom. The molecule has 57 heavy (non-hydrogen) atoms. The molecule has 0 aliphatic carbocycles. The summed E-state index contributed by atoms with van der Waals surface area (Å²) in [5.74, 6) is 1.37. The molecule has 0 aliphatic rings. The molecule has 1 atom stereocenters. The van der Waals surface area contributed by atoms with Crippen LogP contribution in [0.5, 0.6) is 17.2 Å². The summed E-state index contributed by atoms with van der Waals surface area (Å²) in [6.07, 6.45) is -0.772. The fourth-order valence-electron chi connectivity index (χ4n) is 5.11. The van der Waals surface area contributed by atoms with Crippen molar-refractivity contribution in [3.8, 4) is 39.5 Å². The Hall–Kier alpha value is -4.41. The molecule has 0 heterocycles. The number of carbonyl (C=O) groups is 1. The number of esters is 1. The predicted molar refractivity (Wildman–Crippen MR) is 214 cm³/mol. The molecule has 1 N–H and O–H groups in total. The second-order valence-corrected chi connectivity index (χ2v) is 12.5. The average molecular weight is 793 g/mol. The molecule has 0 amide bonds. The van der Waals surface area contributed by atoms with Crippen LogP contribution in [0, 0.1) is 0 Å². The lowest BCUT2D eigenvalue weighted by atomic mass is 10.0. The van der Waals surface area contributed by atoms with Gasteiger partial charge in [-0.05, 0) is 70.8 Å². The average Bonchev–Trinajstić information content (AvgIpc) is 3.24. The summed E-state index contributed by atoms with van der Waals surface area (Å²) in [4.78, 5) is 12.9. The summed E-state index contributed by atoms with van der Waals surface area (Å²) in [6.45, 7) is 7.15. The summed E-state index contributed by atoms with van der Waals surface area (Å²) in [5.41, 5.74) is 4.32. The number of hydrogen-bond donors (Lipinski definition) is 1. The molecule has 4 aromatic carbocycles. The molecule has 0 spiro atoms. The lowest BCUT2D eigenvalue weighted by Crippen LogP contribution is -2.24. The zero-order chi connectivity index (χ0) is 40.2. The Kier molecular flexibility index (Phi) is 22.3. The molecule has 0 saturated carbocycles. The van der Waals surface area contributed by atoms with Crippen molar-refractivity contribution in [1.29, 1.82) is 0 Å². The highest BCUT2D eigenvalue weighted by Gasteiger charge is 2.11. The van der Waals surface area contributed by atoms with Gasteiger partial charge in [0.05, 0.1) is 98.1 Å². The highest BCUT2D eigenvalue weighted by atomic mass is 16.6. The van der Waals surface area contributed by atoms with E-state index in [2.05, 4.69) is 0 Å². The topological polar surface area (TPSA) is 139 Å². The summed E-state index contributed by atoms with van der Waals surface area (Å²) >= 11 is 0. The van der Waals surface area contributed by atoms with Crippen LogP contribution in [0.1, 0.15) is 10.4 Å². The Bertz CT molecular complexity index is 1610. The zero-order valence-electron chi connectivity index (χ0n) is 33.0. The van der Waals surface area contributed by atoms with E-state index in [0.717, 1.165) is 28.0 Å². The minimum Gasteiger partial charge on any atom is -0.491 e. The van der Waals surface area contributed by atoms with Gasteiger partial charge in [0.25, 0.3) is 0 Å². The maximum absolute atomic E-state index is 12.9. The van der Waals surface area contributed by atoms with Crippen molar-refractivity contribution in [2.24, 2.45) is 0 Å². The normalized spacial score (nSPS) is 11.7. The van der Waals surface area contributed by atoms with Gasteiger partial charge in [0.15, 0.2) is 0 Å². The van der Waals surface area contributed by atoms with Gasteiger partial charge < -0.3 is 57.2 Å². The van der Waals surface area contributed by atoms with E-state index in [4.69, 9.17) is 52.1 Å². The summed E-state index contributed by atoms with van der Waals surface area (Å²) in [7, 11) is 3.27. The molecular formula is C44H56O13. The first kappa shape index (κ1) is 45.3. The molecule has 0 aromatic heterocycles. The molecule has 1 unspecified atom stereocenters. The van der Waals surface area contributed by atoms with Crippen LogP contribution in [0.25, 0.3) is 22.3 Å². The van der Waals surface area contributed by atoms with Crippen LogP contribution < -0.4 is 14.2 Å². The Balaban J connectivity index is 1.09. The fourth-order valence-corrected chi connectivity index (χ4v) is 5.11. The summed E-state index contributed by atoms with van der Waals surface area (Å²) in [5, 5.41) is 10.2. The van der Waals surface area contributed by atoms with Gasteiger partial charge in [0.2, 0.25) is 0 Å². The van der Waals surface area contributed by atoms with Gasteiger partial charge in [-0.15, -0.1) is 0 Å². The highest BCUT2D eigenvalue weighted by Crippen LogP contribution is 2.26. The molecule has 0 saturated heterocycles. The number of aliphatic hydroxyl groups is 1. The molecule has 13 heteroatoms. The van der Waals surface area contributed by atoms with E-state index in [0.29, 0.717) is 110 Å². The number of methoxy groups -OCH3 is 2. The lowest BCUT2D eigenvalue weighted by molar-refractivity contribution is -0.0227. The molecule has 310 valence electrons. The first-order chi connectivity index (χ1) is 28.1. The molecule has 4 rings (SSSR count). The molecule has 0 radical (unpaired) electrons. The van der Waals surface area contributed by atoms with Gasteiger partial charge in [0, 0.05) is 14.2 Å². The van der Waals surface area contributed by atoms with E-state index in [1.165, 1.54) is 0 Å². The van der Waals surface area contributed by atoms with Crippen molar-refractivity contribution in [2.75, 3.05) is 120 Å². The van der Waals surface area contributed by atoms with Gasteiger partial charge in [-0.25, -0.2) is 4.79 Å². The van der Waals surface area contributed by atoms with Crippen LogP contribution in [-0.4, -0.2) is 137 Å². The SMILES string of the molecule is COCCOCCOCCOCCOc1ccc(-c2ccc(C(=O)Oc3ccc(-c4ccc(OCC(O)COCCOCCOCCOC)cc4)cc3)cc2)cc1. The maximum Gasteiger partial charge on any atom is 0.343 e. The smallest absolute Gasteiger partial charge is 0.343 e. The lowest BCUT2D eigenvalue weighted by Gasteiger charge is -2.13. The number of rotatable bonds is 31. The van der Waals surface area contributed by atoms with Crippen LogP contribution in [-0.2, 0) is 37.9 Å². The second kappa shape index (κ2) is 28.1. The second-order valence-electron chi connectivity index (χ2n) is 12.5. The Morgan fingerprint density at radius 3 is 1.21 bits per heavy atom. The van der Waals surface area contributed by atoms with Gasteiger partial charge in [-0.2, -0.15) is 0 Å². The third-order valence-electron chi connectivity index (χ3n) is 8.16. The molecule has 13 nitrogen and oxygen atoms in total. The van der Waals surface area contributed by atoms with Crippen molar-refractivity contribution in [3.63, 3.8) is 0 Å². The number of benzene rings is 4. The largest absolute Gasteiger partial charge is 0.491 e. The molecule has 0 bridgehead atoms. The van der Waals surface area contributed by atoms with Crippen molar-refractivity contribution in [2.45, 2.75) is 6.10 Å². The van der Waals surface area contributed by atoms with Crippen LogP contribution in [0.15, 0.2) is 97.1 Å². The van der Waals surface area contributed by atoms with Crippen molar-refractivity contribution in [3.05, 3.63) is 103 Å². The van der Waals surface area contributed by atoms with Crippen LogP contribution >= 0.6 is 0 Å². The minimum atomic E-state index is -0.772. The van der Waals surface area contributed by atoms with Crippen LogP contribution in [0.4, 0.5) is 0 Å². The van der Waals surface area contributed by atoms with Gasteiger partial charge in [-0.1, -0.05) is 48.5 Å². The Morgan fingerprint density at radius 1 is 0.421 bits per heavy atom. The standard InChI is InChI=1S/C44H56O13/c1-47-19-21-49-23-25-51-27-28-53-31-32-55-41-13-7-36(8-14-41)35-3-5-39(6-4-35)44(46)57-43-17-11-38(12-18-43)37-9-15-42(16-10-37)56-34-40(45)33-54-30-29-52-26-24-50-22-20-48-2/h3-18,40,45H,19-34H2,1-2H3. The van der Waals surface area contributed by atoms with Crippen molar-refractivity contribution >= 4 is 5.97 Å². The van der Waals surface area contributed by atoms with Gasteiger partial charge in [0.1, 0.15) is 36.6 Å². The number of ether oxygens (including phenoxy) is 11.